The van der Waals surface area contributed by atoms with E-state index in [0.717, 1.165) is 48.4 Å². The van der Waals surface area contributed by atoms with Gasteiger partial charge in [-0.15, -0.1) is 6.58 Å². The van der Waals surface area contributed by atoms with Gasteiger partial charge in [0.1, 0.15) is 0 Å². The summed E-state index contributed by atoms with van der Waals surface area (Å²) in [5.74, 6) is 0. The normalized spacial score (nSPS) is 19.3. The minimum Gasteiger partial charge on any atom is -0.376 e. The standard InChI is InChI=1S/C27H30N4.C8H14.C5H12N2/c1-5-27(10-11-27)19(3)30-26(25-16-28-17-31(25)4)23-14-21-7-6-12-29-24(21)15-20-9-8-18(2)13-22(20)23;1-3-4-5-8(2)6-7-8;1-7-4-2-6-3-5-7/h6-9,12-14,16-17,26,30H,3,5,10-11,15H2,1-2,4H3;3H,1,4-7H2,2H3;6H,2-5H2,1H3. The smallest absolute Gasteiger partial charge is 0.0946 e. The van der Waals surface area contributed by atoms with E-state index in [4.69, 9.17) is 4.98 Å². The Morgan fingerprint density at radius 2 is 1.89 bits per heavy atom. The summed E-state index contributed by atoms with van der Waals surface area (Å²) in [6.07, 6.45) is 19.9. The molecule has 3 aromatic rings. The molecule has 1 aromatic carbocycles. The predicted molar refractivity (Wildman–Crippen MR) is 193 cm³/mol. The minimum atomic E-state index is -0.0317. The Bertz CT molecular complexity index is 1520. The molecule has 3 fully saturated rings. The first-order chi connectivity index (χ1) is 22.2. The van der Waals surface area contributed by atoms with Crippen LogP contribution < -0.4 is 10.6 Å². The van der Waals surface area contributed by atoms with Gasteiger partial charge in [-0.2, -0.15) is 0 Å². The molecule has 1 aliphatic heterocycles. The number of nitrogens with zero attached hydrogens (tertiary/aromatic N) is 4. The molecule has 0 bridgehead atoms. The molecule has 3 aliphatic carbocycles. The van der Waals surface area contributed by atoms with E-state index in [9.17, 15) is 0 Å². The summed E-state index contributed by atoms with van der Waals surface area (Å²) in [6.45, 7) is 19.7. The number of likely N-dealkylation sites (N-methyl/N-ethyl adjacent to an activating group) is 1. The van der Waals surface area contributed by atoms with E-state index >= 15 is 0 Å². The van der Waals surface area contributed by atoms with Crippen molar-refractivity contribution in [2.75, 3.05) is 33.2 Å². The van der Waals surface area contributed by atoms with Crippen molar-refractivity contribution in [2.24, 2.45) is 17.9 Å². The van der Waals surface area contributed by atoms with Gasteiger partial charge in [-0.3, -0.25) is 4.98 Å². The average molecular weight is 621 g/mol. The molecular formula is C40H56N6. The Labute approximate surface area is 278 Å². The number of fused-ring (bicyclic) bond motifs is 2. The summed E-state index contributed by atoms with van der Waals surface area (Å²) < 4.78 is 2.11. The summed E-state index contributed by atoms with van der Waals surface area (Å²) in [5.41, 5.74) is 10.7. The molecule has 1 saturated heterocycles. The molecule has 0 amide bonds. The van der Waals surface area contributed by atoms with Gasteiger partial charge in [0, 0.05) is 57.0 Å². The highest BCUT2D eigenvalue weighted by atomic mass is 15.2. The van der Waals surface area contributed by atoms with Crippen LogP contribution in [-0.4, -0.2) is 52.7 Å². The lowest BCUT2D eigenvalue weighted by molar-refractivity contribution is 0.291. The number of nitrogens with one attached hydrogen (secondary N) is 2. The summed E-state index contributed by atoms with van der Waals surface area (Å²) in [5, 5.41) is 7.13. The molecule has 2 aromatic heterocycles. The van der Waals surface area contributed by atoms with Crippen LogP contribution in [0.4, 0.5) is 0 Å². The number of piperazine rings is 1. The zero-order valence-electron chi connectivity index (χ0n) is 29.0. The van der Waals surface area contributed by atoms with Crippen LogP contribution in [0.5, 0.6) is 0 Å². The summed E-state index contributed by atoms with van der Waals surface area (Å²) in [7, 11) is 4.22. The Kier molecular flexibility index (Phi) is 11.0. The maximum atomic E-state index is 4.70. The third-order valence-corrected chi connectivity index (χ3v) is 10.5. The van der Waals surface area contributed by atoms with Gasteiger partial charge in [0.25, 0.3) is 0 Å². The fourth-order valence-corrected chi connectivity index (χ4v) is 6.50. The van der Waals surface area contributed by atoms with E-state index in [-0.39, 0.29) is 11.5 Å². The van der Waals surface area contributed by atoms with E-state index < -0.39 is 0 Å². The topological polar surface area (TPSA) is 58.0 Å². The second-order valence-corrected chi connectivity index (χ2v) is 14.3. The molecule has 1 atom stereocenters. The number of aryl methyl sites for hydroxylation is 2. The van der Waals surface area contributed by atoms with Crippen molar-refractivity contribution < 1.29 is 0 Å². The van der Waals surface area contributed by atoms with Gasteiger partial charge in [-0.05, 0) is 98.7 Å². The van der Waals surface area contributed by atoms with Crippen LogP contribution in [0.15, 0.2) is 74.0 Å². The largest absolute Gasteiger partial charge is 0.376 e. The van der Waals surface area contributed by atoms with Crippen molar-refractivity contribution in [2.45, 2.75) is 78.2 Å². The Balaban J connectivity index is 0.000000227. The lowest BCUT2D eigenvalue weighted by atomic mass is 9.89. The van der Waals surface area contributed by atoms with Gasteiger partial charge in [-0.25, -0.2) is 4.98 Å². The van der Waals surface area contributed by atoms with E-state index in [0.29, 0.717) is 0 Å². The second-order valence-electron chi connectivity index (χ2n) is 14.3. The van der Waals surface area contributed by atoms with Crippen LogP contribution in [0.3, 0.4) is 0 Å². The van der Waals surface area contributed by atoms with Gasteiger partial charge >= 0.3 is 0 Å². The number of hydrogen-bond acceptors (Lipinski definition) is 5. The first-order valence-electron chi connectivity index (χ1n) is 17.3. The number of pyridine rings is 1. The van der Waals surface area contributed by atoms with E-state index in [1.54, 1.807) is 0 Å². The second kappa shape index (κ2) is 15.0. The molecule has 0 spiro atoms. The highest BCUT2D eigenvalue weighted by Crippen LogP contribution is 2.54. The van der Waals surface area contributed by atoms with Crippen molar-refractivity contribution >= 4 is 11.6 Å². The van der Waals surface area contributed by atoms with Crippen molar-refractivity contribution in [3.8, 4) is 0 Å². The lowest BCUT2D eigenvalue weighted by Crippen LogP contribution is -2.40. The fourth-order valence-electron chi connectivity index (χ4n) is 6.50. The third kappa shape index (κ3) is 8.45. The van der Waals surface area contributed by atoms with Crippen molar-refractivity contribution in [1.82, 2.24) is 30.1 Å². The average Bonchev–Trinajstić information content (AvgIpc) is 3.98. The maximum Gasteiger partial charge on any atom is 0.0946 e. The van der Waals surface area contributed by atoms with Crippen LogP contribution in [0, 0.1) is 17.8 Å². The zero-order valence-corrected chi connectivity index (χ0v) is 29.0. The molecule has 6 nitrogen and oxygen atoms in total. The van der Waals surface area contributed by atoms with Gasteiger partial charge in [0.15, 0.2) is 0 Å². The molecule has 46 heavy (non-hydrogen) atoms. The Morgan fingerprint density at radius 3 is 2.48 bits per heavy atom. The van der Waals surface area contributed by atoms with Crippen LogP contribution in [-0.2, 0) is 13.5 Å². The number of rotatable bonds is 9. The van der Waals surface area contributed by atoms with Crippen LogP contribution in [0.2, 0.25) is 0 Å². The molecule has 2 saturated carbocycles. The van der Waals surface area contributed by atoms with Crippen LogP contribution >= 0.6 is 0 Å². The number of aromatic nitrogens is 3. The highest BCUT2D eigenvalue weighted by Gasteiger charge is 2.44. The van der Waals surface area contributed by atoms with Gasteiger partial charge in [0.05, 0.1) is 30.0 Å². The lowest BCUT2D eigenvalue weighted by Gasteiger charge is -2.29. The van der Waals surface area contributed by atoms with Gasteiger partial charge in [-0.1, -0.05) is 56.3 Å². The SMILES string of the molecule is C=C(NC(C1=Cc2cccnc2Cc2ccc(C)cc21)c1cncn1C)C1(CC)CC1.C=CCCC1(C)CC1.CN1CCNCC1. The molecule has 2 N–H and O–H groups in total. The molecule has 3 heterocycles. The van der Waals surface area contributed by atoms with Crippen LogP contribution in [0.1, 0.15) is 98.5 Å². The van der Waals surface area contributed by atoms with Crippen molar-refractivity contribution in [3.05, 3.63) is 108 Å². The number of imidazole rings is 1. The molecule has 0 radical (unpaired) electrons. The summed E-state index contributed by atoms with van der Waals surface area (Å²) in [6, 6.07) is 10.9. The monoisotopic (exact) mass is 620 g/mol. The summed E-state index contributed by atoms with van der Waals surface area (Å²) >= 11 is 0. The number of hydrogen-bond donors (Lipinski definition) is 2. The number of allylic oxidation sites excluding steroid dienone is 2. The van der Waals surface area contributed by atoms with Crippen LogP contribution in [0.25, 0.3) is 11.6 Å². The molecule has 7 rings (SSSR count). The predicted octanol–water partition coefficient (Wildman–Crippen LogP) is 7.88. The molecule has 1 unspecified atom stereocenters. The first kappa shape index (κ1) is 33.9. The molecule has 4 aliphatic rings. The fraction of sp³-hybridized carbons (Fsp3) is 0.500. The van der Waals surface area contributed by atoms with E-state index in [1.165, 1.54) is 79.4 Å². The third-order valence-electron chi connectivity index (χ3n) is 10.5. The first-order valence-corrected chi connectivity index (χ1v) is 17.3. The quantitative estimate of drug-likeness (QED) is 0.239. The minimum absolute atomic E-state index is 0.0317. The zero-order chi connectivity index (χ0) is 32.7. The van der Waals surface area contributed by atoms with Gasteiger partial charge in [0.2, 0.25) is 0 Å². The Hall–Kier alpha value is -3.48. The Morgan fingerprint density at radius 1 is 1.13 bits per heavy atom. The van der Waals surface area contributed by atoms with Gasteiger partial charge < -0.3 is 20.1 Å². The van der Waals surface area contributed by atoms with Crippen molar-refractivity contribution in [3.63, 3.8) is 0 Å². The number of benzene rings is 1. The molecular weight excluding hydrogens is 564 g/mol. The van der Waals surface area contributed by atoms with E-state index in [2.05, 4.69) is 103 Å². The highest BCUT2D eigenvalue weighted by molar-refractivity contribution is 5.88. The van der Waals surface area contributed by atoms with E-state index in [1.807, 2.05) is 30.9 Å². The maximum absolute atomic E-state index is 4.70. The van der Waals surface area contributed by atoms with Crippen molar-refractivity contribution in [1.29, 1.82) is 0 Å². The molecule has 246 valence electrons. The molecule has 6 heteroatoms. The summed E-state index contributed by atoms with van der Waals surface area (Å²) in [4.78, 5) is 11.5.